The van der Waals surface area contributed by atoms with Crippen molar-refractivity contribution < 1.29 is 9.72 Å². The molecule has 2 aliphatic rings. The molecule has 10 heteroatoms. The second-order valence-electron chi connectivity index (χ2n) is 9.45. The fraction of sp³-hybridized carbons (Fsp3) is 0.542. The van der Waals surface area contributed by atoms with Crippen LogP contribution in [-0.4, -0.2) is 47.1 Å². The largest absolute Gasteiger partial charge is 0.362 e. The molecule has 0 bridgehead atoms. The normalized spacial score (nSPS) is 19.6. The number of urea groups is 1. The molecule has 1 aromatic carbocycles. The van der Waals surface area contributed by atoms with Crippen LogP contribution in [0.25, 0.3) is 0 Å². The van der Waals surface area contributed by atoms with Crippen molar-refractivity contribution in [3.63, 3.8) is 0 Å². The minimum atomic E-state index is -0.444. The summed E-state index contributed by atoms with van der Waals surface area (Å²) in [5.74, 6) is 1.70. The van der Waals surface area contributed by atoms with E-state index in [1.54, 1.807) is 19.1 Å². The number of hydrogen-bond acceptors (Lipinski definition) is 7. The minimum absolute atomic E-state index is 0.00814. The third-order valence-electron chi connectivity index (χ3n) is 6.64. The van der Waals surface area contributed by atoms with Crippen molar-refractivity contribution >= 4 is 29.2 Å². The predicted octanol–water partition coefficient (Wildman–Crippen LogP) is 4.18. The number of carbonyl (C=O) groups excluding carboxylic acids is 1. The summed E-state index contributed by atoms with van der Waals surface area (Å²) in [5.41, 5.74) is 3.40. The first kappa shape index (κ1) is 23.7. The van der Waals surface area contributed by atoms with Gasteiger partial charge in [0.05, 0.1) is 10.6 Å². The highest BCUT2D eigenvalue weighted by atomic mass is 16.6. The van der Waals surface area contributed by atoms with E-state index in [1.165, 1.54) is 24.5 Å². The van der Waals surface area contributed by atoms with Crippen LogP contribution in [0.5, 0.6) is 0 Å². The topological polar surface area (TPSA) is 125 Å². The fourth-order valence-electron chi connectivity index (χ4n) is 4.81. The molecule has 2 amide bonds. The van der Waals surface area contributed by atoms with Gasteiger partial charge >= 0.3 is 6.03 Å². The van der Waals surface area contributed by atoms with Crippen molar-refractivity contribution in [3.8, 4) is 0 Å². The van der Waals surface area contributed by atoms with Crippen LogP contribution in [0.3, 0.4) is 0 Å². The van der Waals surface area contributed by atoms with Gasteiger partial charge in [-0.15, -0.1) is 0 Å². The number of aryl methyl sites for hydroxylation is 2. The lowest BCUT2D eigenvalue weighted by Crippen LogP contribution is -2.42. The van der Waals surface area contributed by atoms with Gasteiger partial charge in [-0.25, -0.2) is 9.78 Å². The number of rotatable bonds is 6. The molecule has 182 valence electrons. The monoisotopic (exact) mass is 467 g/mol. The molecule has 2 aliphatic carbocycles. The summed E-state index contributed by atoms with van der Waals surface area (Å²) in [5, 5.41) is 20.4. The summed E-state index contributed by atoms with van der Waals surface area (Å²) in [4.78, 5) is 34.8. The Hall–Kier alpha value is -3.43. The highest BCUT2D eigenvalue weighted by molar-refractivity contribution is 5.89. The summed E-state index contributed by atoms with van der Waals surface area (Å²) in [6.07, 6.45) is 7.88. The molecule has 0 aliphatic heterocycles. The average molecular weight is 468 g/mol. The average Bonchev–Trinajstić information content (AvgIpc) is 2.80. The Balaban J connectivity index is 1.30. The number of nitro groups is 1. The van der Waals surface area contributed by atoms with Crippen LogP contribution in [0.2, 0.25) is 0 Å². The minimum Gasteiger partial charge on any atom is -0.362 e. The smallest absolute Gasteiger partial charge is 0.319 e. The van der Waals surface area contributed by atoms with Crippen LogP contribution in [0, 0.1) is 17.0 Å². The molecule has 3 N–H and O–H groups in total. The number of anilines is 3. The summed E-state index contributed by atoms with van der Waals surface area (Å²) >= 11 is 0. The molecular weight excluding hydrogens is 434 g/mol. The molecule has 0 atom stereocenters. The number of nitro benzene ring substituents is 1. The van der Waals surface area contributed by atoms with E-state index in [4.69, 9.17) is 9.97 Å². The van der Waals surface area contributed by atoms with Gasteiger partial charge < -0.3 is 20.9 Å². The molecule has 1 fully saturated rings. The maximum atomic E-state index is 12.4. The first-order chi connectivity index (χ1) is 16.3. The van der Waals surface area contributed by atoms with Gasteiger partial charge in [0.15, 0.2) is 0 Å². The number of benzene rings is 1. The number of carbonyl (C=O) groups is 1. The first-order valence-corrected chi connectivity index (χ1v) is 12.0. The third-order valence-corrected chi connectivity index (χ3v) is 6.64. The Kier molecular flexibility index (Phi) is 7.14. The second kappa shape index (κ2) is 10.2. The van der Waals surface area contributed by atoms with Crippen LogP contribution in [-0.2, 0) is 12.8 Å². The molecule has 4 rings (SSSR count). The molecular formula is C24H33N7O3. The number of hydrogen-bond donors (Lipinski definition) is 3. The Bertz CT molecular complexity index is 1060. The van der Waals surface area contributed by atoms with E-state index in [9.17, 15) is 14.9 Å². The van der Waals surface area contributed by atoms with Crippen molar-refractivity contribution in [2.45, 2.75) is 70.4 Å². The molecule has 1 heterocycles. The van der Waals surface area contributed by atoms with Crippen LogP contribution >= 0.6 is 0 Å². The standard InChI is InChI=1S/C24H33N7O3/c1-15-8-9-18(14-21(15)31(33)34)27-24(32)26-17-12-10-16(11-13-17)25-23-28-20-7-5-4-6-19(20)22(29-23)30(2)3/h8-9,14,16-17H,4-7,10-13H2,1-3H3,(H,25,28,29)(H2,26,27,32). The highest BCUT2D eigenvalue weighted by Gasteiger charge is 2.25. The van der Waals surface area contributed by atoms with Crippen molar-refractivity contribution in [2.24, 2.45) is 0 Å². The molecule has 0 saturated heterocycles. The predicted molar refractivity (Wildman–Crippen MR) is 133 cm³/mol. The van der Waals surface area contributed by atoms with Gasteiger partial charge in [0.1, 0.15) is 5.82 Å². The summed E-state index contributed by atoms with van der Waals surface area (Å²) in [6.45, 7) is 1.67. The Morgan fingerprint density at radius 2 is 1.79 bits per heavy atom. The lowest BCUT2D eigenvalue weighted by atomic mass is 9.91. The van der Waals surface area contributed by atoms with E-state index in [0.717, 1.165) is 50.0 Å². The Morgan fingerprint density at radius 3 is 2.50 bits per heavy atom. The van der Waals surface area contributed by atoms with Crippen LogP contribution in [0.1, 0.15) is 55.3 Å². The van der Waals surface area contributed by atoms with E-state index in [1.807, 2.05) is 14.1 Å². The highest BCUT2D eigenvalue weighted by Crippen LogP contribution is 2.29. The van der Waals surface area contributed by atoms with Gasteiger partial charge in [-0.3, -0.25) is 10.1 Å². The van der Waals surface area contributed by atoms with Crippen LogP contribution < -0.4 is 20.9 Å². The lowest BCUT2D eigenvalue weighted by Gasteiger charge is -2.30. The maximum Gasteiger partial charge on any atom is 0.319 e. The maximum absolute atomic E-state index is 12.4. The Morgan fingerprint density at radius 1 is 1.09 bits per heavy atom. The van der Waals surface area contributed by atoms with Gasteiger partial charge in [0.2, 0.25) is 5.95 Å². The van der Waals surface area contributed by atoms with Crippen molar-refractivity contribution in [1.82, 2.24) is 15.3 Å². The van der Waals surface area contributed by atoms with Gasteiger partial charge in [-0.05, 0) is 64.4 Å². The SMILES string of the molecule is Cc1ccc(NC(=O)NC2CCC(Nc3nc4c(c(N(C)C)n3)CCCC4)CC2)cc1[N+](=O)[O-]. The molecule has 1 saturated carbocycles. The fourth-order valence-corrected chi connectivity index (χ4v) is 4.81. The molecule has 1 aromatic heterocycles. The lowest BCUT2D eigenvalue weighted by molar-refractivity contribution is -0.385. The number of nitrogens with one attached hydrogen (secondary N) is 3. The summed E-state index contributed by atoms with van der Waals surface area (Å²) in [6, 6.07) is 4.66. The zero-order valence-electron chi connectivity index (χ0n) is 20.1. The molecule has 0 spiro atoms. The zero-order chi connectivity index (χ0) is 24.2. The second-order valence-corrected chi connectivity index (χ2v) is 9.45. The van der Waals surface area contributed by atoms with E-state index in [0.29, 0.717) is 17.2 Å². The summed E-state index contributed by atoms with van der Waals surface area (Å²) < 4.78 is 0. The molecule has 2 aromatic rings. The van der Waals surface area contributed by atoms with E-state index >= 15 is 0 Å². The van der Waals surface area contributed by atoms with E-state index < -0.39 is 4.92 Å². The number of aromatic nitrogens is 2. The molecule has 10 nitrogen and oxygen atoms in total. The Labute approximate surface area is 199 Å². The van der Waals surface area contributed by atoms with Gasteiger partial charge in [-0.1, -0.05) is 6.07 Å². The van der Waals surface area contributed by atoms with Crippen molar-refractivity contribution in [1.29, 1.82) is 0 Å². The zero-order valence-corrected chi connectivity index (χ0v) is 20.1. The van der Waals surface area contributed by atoms with Gasteiger partial charge in [-0.2, -0.15) is 4.98 Å². The summed E-state index contributed by atoms with van der Waals surface area (Å²) in [7, 11) is 4.05. The number of fused-ring (bicyclic) bond motifs is 1. The van der Waals surface area contributed by atoms with Crippen molar-refractivity contribution in [2.75, 3.05) is 29.6 Å². The van der Waals surface area contributed by atoms with Gasteiger partial charge in [0, 0.05) is 49.1 Å². The molecule has 0 radical (unpaired) electrons. The first-order valence-electron chi connectivity index (χ1n) is 12.0. The van der Waals surface area contributed by atoms with E-state index in [2.05, 4.69) is 20.9 Å². The number of nitrogens with zero attached hydrogens (tertiary/aromatic N) is 4. The third kappa shape index (κ3) is 5.55. The molecule has 34 heavy (non-hydrogen) atoms. The quantitative estimate of drug-likeness (QED) is 0.430. The molecule has 0 unspecified atom stereocenters. The van der Waals surface area contributed by atoms with Gasteiger partial charge in [0.25, 0.3) is 5.69 Å². The van der Waals surface area contributed by atoms with Crippen LogP contribution in [0.15, 0.2) is 18.2 Å². The number of amides is 2. The van der Waals surface area contributed by atoms with Crippen LogP contribution in [0.4, 0.5) is 27.9 Å². The van der Waals surface area contributed by atoms with Crippen molar-refractivity contribution in [3.05, 3.63) is 45.1 Å². The van der Waals surface area contributed by atoms with E-state index in [-0.39, 0.29) is 23.8 Å².